The Kier molecular flexibility index (Phi) is 4.39. The second-order valence-corrected chi connectivity index (χ2v) is 5.14. The summed E-state index contributed by atoms with van der Waals surface area (Å²) < 4.78 is 1.34. The number of nitrogens with zero attached hydrogens (tertiary/aromatic N) is 3. The smallest absolute Gasteiger partial charge is 0.323 e. The average molecular weight is 280 g/mol. The van der Waals surface area contributed by atoms with E-state index in [0.29, 0.717) is 5.69 Å². The standard InChI is InChI=1S/C13H20N4O3/c1-15(10-4-3-8-14-9-7-10)13(18)11-5-6-12(16(11)2)17(19)20/h5-6,10,14H,3-4,7-9H2,1-2H3. The van der Waals surface area contributed by atoms with Crippen molar-refractivity contribution in [2.45, 2.75) is 25.3 Å². The third kappa shape index (κ3) is 2.82. The maximum absolute atomic E-state index is 12.5. The first-order chi connectivity index (χ1) is 9.52. The molecule has 7 heteroatoms. The molecule has 0 bridgehead atoms. The minimum absolute atomic E-state index is 0.0655. The van der Waals surface area contributed by atoms with Crippen LogP contribution in [0, 0.1) is 10.1 Å². The maximum Gasteiger partial charge on any atom is 0.323 e. The fourth-order valence-electron chi connectivity index (χ4n) is 2.63. The van der Waals surface area contributed by atoms with E-state index in [1.165, 1.54) is 16.7 Å². The van der Waals surface area contributed by atoms with Gasteiger partial charge >= 0.3 is 5.82 Å². The third-order valence-corrected chi connectivity index (χ3v) is 3.91. The predicted molar refractivity (Wildman–Crippen MR) is 74.7 cm³/mol. The van der Waals surface area contributed by atoms with Crippen molar-refractivity contribution in [1.29, 1.82) is 0 Å². The lowest BCUT2D eigenvalue weighted by atomic mass is 10.1. The molecule has 1 atom stereocenters. The molecule has 1 amide bonds. The third-order valence-electron chi connectivity index (χ3n) is 3.91. The Morgan fingerprint density at radius 1 is 1.45 bits per heavy atom. The largest absolute Gasteiger partial charge is 0.358 e. The monoisotopic (exact) mass is 280 g/mol. The predicted octanol–water partition coefficient (Wildman–Crippen LogP) is 1.15. The normalized spacial score (nSPS) is 19.4. The van der Waals surface area contributed by atoms with Gasteiger partial charge in [0.05, 0.1) is 7.05 Å². The molecule has 0 aromatic carbocycles. The Hall–Kier alpha value is -1.89. The van der Waals surface area contributed by atoms with Gasteiger partial charge in [-0.25, -0.2) is 4.57 Å². The fraction of sp³-hybridized carbons (Fsp3) is 0.615. The summed E-state index contributed by atoms with van der Waals surface area (Å²) in [6.07, 6.45) is 2.91. The molecule has 1 aromatic heterocycles. The molecule has 1 fully saturated rings. The molecule has 0 saturated carbocycles. The van der Waals surface area contributed by atoms with Gasteiger partial charge in [0, 0.05) is 19.2 Å². The van der Waals surface area contributed by atoms with E-state index < -0.39 is 4.92 Å². The van der Waals surface area contributed by atoms with Gasteiger partial charge in [-0.3, -0.25) is 4.79 Å². The molecule has 20 heavy (non-hydrogen) atoms. The molecule has 0 aliphatic carbocycles. The Balaban J connectivity index is 2.15. The van der Waals surface area contributed by atoms with E-state index in [1.54, 1.807) is 19.0 Å². The quantitative estimate of drug-likeness (QED) is 0.665. The van der Waals surface area contributed by atoms with Gasteiger partial charge in [0.15, 0.2) is 5.69 Å². The molecule has 0 spiro atoms. The lowest BCUT2D eigenvalue weighted by Gasteiger charge is -2.26. The number of nitro groups is 1. The van der Waals surface area contributed by atoms with Gasteiger partial charge in [0.1, 0.15) is 0 Å². The highest BCUT2D eigenvalue weighted by Gasteiger charge is 2.27. The van der Waals surface area contributed by atoms with Crippen LogP contribution in [0.4, 0.5) is 5.82 Å². The number of hydrogen-bond donors (Lipinski definition) is 1. The zero-order chi connectivity index (χ0) is 14.7. The minimum atomic E-state index is -0.480. The lowest BCUT2D eigenvalue weighted by Crippen LogP contribution is -2.38. The summed E-state index contributed by atoms with van der Waals surface area (Å²) in [6, 6.07) is 3.08. The van der Waals surface area contributed by atoms with Crippen molar-refractivity contribution in [3.63, 3.8) is 0 Å². The maximum atomic E-state index is 12.5. The van der Waals surface area contributed by atoms with Gasteiger partial charge in [0.25, 0.3) is 5.91 Å². The van der Waals surface area contributed by atoms with Crippen molar-refractivity contribution < 1.29 is 9.72 Å². The van der Waals surface area contributed by atoms with Crippen LogP contribution < -0.4 is 5.32 Å². The molecule has 7 nitrogen and oxygen atoms in total. The summed E-state index contributed by atoms with van der Waals surface area (Å²) in [5, 5.41) is 14.1. The Bertz CT molecular complexity index is 504. The number of hydrogen-bond acceptors (Lipinski definition) is 4. The first-order valence-electron chi connectivity index (χ1n) is 6.80. The highest BCUT2D eigenvalue weighted by Crippen LogP contribution is 2.19. The summed E-state index contributed by atoms with van der Waals surface area (Å²) in [7, 11) is 3.32. The van der Waals surface area contributed by atoms with Crippen molar-refractivity contribution >= 4 is 11.7 Å². The van der Waals surface area contributed by atoms with Crippen molar-refractivity contribution in [3.8, 4) is 0 Å². The number of carbonyl (C=O) groups excluding carboxylic acids is 1. The van der Waals surface area contributed by atoms with Gasteiger partial charge in [-0.1, -0.05) is 0 Å². The second-order valence-electron chi connectivity index (χ2n) is 5.14. The number of rotatable bonds is 3. The van der Waals surface area contributed by atoms with Crippen LogP contribution in [0.5, 0.6) is 0 Å². The molecule has 110 valence electrons. The molecule has 1 unspecified atom stereocenters. The van der Waals surface area contributed by atoms with E-state index in [4.69, 9.17) is 0 Å². The van der Waals surface area contributed by atoms with E-state index in [2.05, 4.69) is 5.32 Å². The number of aromatic nitrogens is 1. The van der Waals surface area contributed by atoms with Gasteiger partial charge in [-0.15, -0.1) is 0 Å². The molecule has 2 rings (SSSR count). The zero-order valence-electron chi connectivity index (χ0n) is 11.8. The highest BCUT2D eigenvalue weighted by atomic mass is 16.6. The van der Waals surface area contributed by atoms with Gasteiger partial charge in [0.2, 0.25) is 0 Å². The first kappa shape index (κ1) is 14.5. The fourth-order valence-corrected chi connectivity index (χ4v) is 2.63. The van der Waals surface area contributed by atoms with Gasteiger partial charge in [-0.2, -0.15) is 0 Å². The van der Waals surface area contributed by atoms with E-state index >= 15 is 0 Å². The minimum Gasteiger partial charge on any atom is -0.358 e. The summed E-state index contributed by atoms with van der Waals surface area (Å²) >= 11 is 0. The van der Waals surface area contributed by atoms with Crippen LogP contribution in [0.3, 0.4) is 0 Å². The van der Waals surface area contributed by atoms with Gasteiger partial charge in [-0.05, 0) is 43.3 Å². The van der Waals surface area contributed by atoms with Crippen LogP contribution in [0.2, 0.25) is 0 Å². The number of amides is 1. The Morgan fingerprint density at radius 3 is 2.85 bits per heavy atom. The van der Waals surface area contributed by atoms with Crippen LogP contribution in [-0.2, 0) is 7.05 Å². The van der Waals surface area contributed by atoms with Crippen molar-refractivity contribution in [3.05, 3.63) is 27.9 Å². The van der Waals surface area contributed by atoms with E-state index in [1.807, 2.05) is 0 Å². The molecule has 1 N–H and O–H groups in total. The number of carbonyl (C=O) groups is 1. The van der Waals surface area contributed by atoms with E-state index in [0.717, 1.165) is 32.4 Å². The van der Waals surface area contributed by atoms with Crippen molar-refractivity contribution in [2.75, 3.05) is 20.1 Å². The summed E-state index contributed by atoms with van der Waals surface area (Å²) in [5.74, 6) is -0.225. The number of nitrogens with one attached hydrogen (secondary N) is 1. The molecule has 2 heterocycles. The molecule has 1 saturated heterocycles. The molecular weight excluding hydrogens is 260 g/mol. The van der Waals surface area contributed by atoms with Gasteiger partial charge < -0.3 is 20.3 Å². The SMILES string of the molecule is CN(C(=O)c1ccc([N+](=O)[O-])n1C)C1CCCNCC1. The zero-order valence-corrected chi connectivity index (χ0v) is 11.8. The van der Waals surface area contributed by atoms with Crippen LogP contribution in [0.1, 0.15) is 29.8 Å². The second kappa shape index (κ2) is 6.04. The van der Waals surface area contributed by atoms with Crippen LogP contribution >= 0.6 is 0 Å². The summed E-state index contributed by atoms with van der Waals surface area (Å²) in [6.45, 7) is 1.88. The Labute approximate surface area is 117 Å². The van der Waals surface area contributed by atoms with E-state index in [9.17, 15) is 14.9 Å². The molecule has 1 aliphatic rings. The first-order valence-corrected chi connectivity index (χ1v) is 6.80. The molecule has 0 radical (unpaired) electrons. The van der Waals surface area contributed by atoms with Crippen LogP contribution in [0.25, 0.3) is 0 Å². The lowest BCUT2D eigenvalue weighted by molar-refractivity contribution is -0.391. The van der Waals surface area contributed by atoms with Crippen molar-refractivity contribution in [2.24, 2.45) is 7.05 Å². The molecule has 1 aliphatic heterocycles. The summed E-state index contributed by atoms with van der Waals surface area (Å²) in [4.78, 5) is 24.5. The Morgan fingerprint density at radius 2 is 2.20 bits per heavy atom. The van der Waals surface area contributed by atoms with Crippen LogP contribution in [-0.4, -0.2) is 46.5 Å². The highest BCUT2D eigenvalue weighted by molar-refractivity contribution is 5.93. The molecular formula is C13H20N4O3. The summed E-state index contributed by atoms with van der Waals surface area (Å²) in [5.41, 5.74) is 0.358. The van der Waals surface area contributed by atoms with Crippen LogP contribution in [0.15, 0.2) is 12.1 Å². The van der Waals surface area contributed by atoms with E-state index in [-0.39, 0.29) is 17.8 Å². The topological polar surface area (TPSA) is 80.4 Å². The molecule has 1 aromatic rings. The van der Waals surface area contributed by atoms with Crippen molar-refractivity contribution in [1.82, 2.24) is 14.8 Å². The average Bonchev–Trinajstić information content (AvgIpc) is 2.65.